The summed E-state index contributed by atoms with van der Waals surface area (Å²) in [5.74, 6) is 0.211. The first kappa shape index (κ1) is 24.0. The Morgan fingerprint density at radius 2 is 1.86 bits per heavy atom. The molecule has 3 N–H and O–H groups in total. The van der Waals surface area contributed by atoms with Crippen molar-refractivity contribution in [3.05, 3.63) is 76.0 Å². The predicted molar refractivity (Wildman–Crippen MR) is 136 cm³/mol. The minimum atomic E-state index is -0.443. The number of pyridine rings is 1. The van der Waals surface area contributed by atoms with E-state index in [4.69, 9.17) is 10.5 Å². The Morgan fingerprint density at radius 3 is 2.54 bits per heavy atom. The van der Waals surface area contributed by atoms with Crippen LogP contribution in [0.4, 0.5) is 21.0 Å². The molecule has 0 fully saturated rings. The molecule has 0 bridgehead atoms. The molecule has 4 rings (SSSR count). The summed E-state index contributed by atoms with van der Waals surface area (Å²) in [4.78, 5) is 8.90. The molecule has 0 unspecified atom stereocenters. The highest BCUT2D eigenvalue weighted by atomic mass is 32.2. The maximum atomic E-state index is 13.6. The molecule has 4 aromatic rings. The molecule has 0 saturated heterocycles. The molecule has 35 heavy (non-hydrogen) atoms. The number of nitrogens with zero attached hydrogens (tertiary/aromatic N) is 4. The number of methoxy groups -OCH3 is 1. The Hall–Kier alpha value is -4.12. The van der Waals surface area contributed by atoms with E-state index in [1.165, 1.54) is 36.3 Å². The molecule has 0 aliphatic carbocycles. The second-order valence-corrected chi connectivity index (χ2v) is 9.25. The van der Waals surface area contributed by atoms with Gasteiger partial charge in [0.25, 0.3) is 0 Å². The van der Waals surface area contributed by atoms with Crippen molar-refractivity contribution < 1.29 is 9.13 Å². The van der Waals surface area contributed by atoms with Gasteiger partial charge < -0.3 is 15.8 Å². The lowest BCUT2D eigenvalue weighted by Gasteiger charge is -2.13. The Balaban J connectivity index is 1.58. The van der Waals surface area contributed by atoms with Gasteiger partial charge in [-0.25, -0.2) is 14.4 Å². The van der Waals surface area contributed by atoms with Crippen LogP contribution in [-0.4, -0.2) is 17.1 Å². The SMILES string of the molecule is COc1cc(Nc2nc(CSc3nc(N)c(C#N)c(-c4ccc(C)cc4)c3C#N)cs2)ccc1F. The van der Waals surface area contributed by atoms with Gasteiger partial charge in [-0.05, 0) is 24.6 Å². The Labute approximate surface area is 210 Å². The van der Waals surface area contributed by atoms with Crippen LogP contribution in [0.3, 0.4) is 0 Å². The van der Waals surface area contributed by atoms with Crippen LogP contribution in [0.15, 0.2) is 52.9 Å². The first-order chi connectivity index (χ1) is 16.9. The molecule has 0 saturated carbocycles. The van der Waals surface area contributed by atoms with Crippen LogP contribution in [0.5, 0.6) is 5.75 Å². The van der Waals surface area contributed by atoms with E-state index < -0.39 is 5.82 Å². The van der Waals surface area contributed by atoms with Crippen LogP contribution in [-0.2, 0) is 5.75 Å². The van der Waals surface area contributed by atoms with Crippen molar-refractivity contribution in [1.29, 1.82) is 10.5 Å². The number of anilines is 3. The molecule has 2 heterocycles. The lowest BCUT2D eigenvalue weighted by molar-refractivity contribution is 0.387. The van der Waals surface area contributed by atoms with Crippen molar-refractivity contribution in [1.82, 2.24) is 9.97 Å². The van der Waals surface area contributed by atoms with Crippen LogP contribution < -0.4 is 15.8 Å². The maximum absolute atomic E-state index is 13.6. The summed E-state index contributed by atoms with van der Waals surface area (Å²) in [5, 5.41) is 25.7. The Morgan fingerprint density at radius 1 is 1.11 bits per heavy atom. The van der Waals surface area contributed by atoms with Gasteiger partial charge >= 0.3 is 0 Å². The summed E-state index contributed by atoms with van der Waals surface area (Å²) < 4.78 is 18.7. The number of thioether (sulfide) groups is 1. The molecule has 2 aromatic heterocycles. The van der Waals surface area contributed by atoms with Crippen molar-refractivity contribution in [2.24, 2.45) is 0 Å². The monoisotopic (exact) mass is 502 g/mol. The molecule has 7 nitrogen and oxygen atoms in total. The highest BCUT2D eigenvalue weighted by molar-refractivity contribution is 7.98. The van der Waals surface area contributed by atoms with E-state index in [2.05, 4.69) is 27.4 Å². The van der Waals surface area contributed by atoms with Gasteiger partial charge in [0.05, 0.1) is 18.4 Å². The highest BCUT2D eigenvalue weighted by Gasteiger charge is 2.21. The van der Waals surface area contributed by atoms with E-state index in [0.717, 1.165) is 16.8 Å². The van der Waals surface area contributed by atoms with E-state index >= 15 is 0 Å². The normalized spacial score (nSPS) is 10.4. The largest absolute Gasteiger partial charge is 0.494 e. The quantitative estimate of drug-likeness (QED) is 0.294. The number of aryl methyl sites for hydroxylation is 1. The smallest absolute Gasteiger partial charge is 0.187 e. The molecule has 0 radical (unpaired) electrons. The Bertz CT molecular complexity index is 1470. The topological polar surface area (TPSA) is 121 Å². The third-order valence-electron chi connectivity index (χ3n) is 5.07. The van der Waals surface area contributed by atoms with Crippen LogP contribution in [0.25, 0.3) is 11.1 Å². The average molecular weight is 503 g/mol. The molecular formula is C25H19FN6OS2. The molecule has 0 spiro atoms. The summed E-state index contributed by atoms with van der Waals surface area (Å²) >= 11 is 2.72. The summed E-state index contributed by atoms with van der Waals surface area (Å²) in [6.45, 7) is 1.96. The molecule has 10 heteroatoms. The van der Waals surface area contributed by atoms with Crippen molar-refractivity contribution in [2.45, 2.75) is 17.7 Å². The molecule has 0 aliphatic heterocycles. The summed E-state index contributed by atoms with van der Waals surface area (Å²) in [6, 6.07) is 16.3. The van der Waals surface area contributed by atoms with E-state index in [9.17, 15) is 14.9 Å². The number of ether oxygens (including phenoxy) is 1. The third kappa shape index (κ3) is 5.19. The number of hydrogen-bond acceptors (Lipinski definition) is 9. The number of benzene rings is 2. The predicted octanol–water partition coefficient (Wildman–Crippen LogP) is 6.02. The van der Waals surface area contributed by atoms with Crippen LogP contribution in [0.2, 0.25) is 0 Å². The zero-order chi connectivity index (χ0) is 24.9. The standard InChI is InChI=1S/C25H19FN6OS2/c1-14-3-5-15(6-4-14)22-18(10-27)23(29)32-24(19(22)11-28)34-12-17-13-35-25(31-17)30-16-7-8-20(26)21(9-16)33-2/h3-9,13H,12H2,1-2H3,(H2,29,32)(H,30,31). The van der Waals surface area contributed by atoms with Gasteiger partial charge in [0.2, 0.25) is 0 Å². The first-order valence-corrected chi connectivity index (χ1v) is 12.2. The van der Waals surface area contributed by atoms with Gasteiger partial charge in [-0.2, -0.15) is 10.5 Å². The highest BCUT2D eigenvalue weighted by Crippen LogP contribution is 2.37. The number of nitriles is 2. The fourth-order valence-electron chi connectivity index (χ4n) is 3.35. The summed E-state index contributed by atoms with van der Waals surface area (Å²) in [7, 11) is 1.41. The van der Waals surface area contributed by atoms with Crippen LogP contribution in [0.1, 0.15) is 22.4 Å². The molecular weight excluding hydrogens is 483 g/mol. The van der Waals surface area contributed by atoms with Crippen LogP contribution >= 0.6 is 23.1 Å². The molecule has 0 aliphatic rings. The number of aromatic nitrogens is 2. The van der Waals surface area contributed by atoms with E-state index in [1.807, 2.05) is 36.6 Å². The number of halogens is 1. The number of nitrogens with two attached hydrogens (primary N) is 1. The number of nitrogens with one attached hydrogen (secondary N) is 1. The third-order valence-corrected chi connectivity index (χ3v) is 6.88. The molecule has 0 amide bonds. The first-order valence-electron chi connectivity index (χ1n) is 10.3. The van der Waals surface area contributed by atoms with Gasteiger partial charge in [-0.3, -0.25) is 0 Å². The maximum Gasteiger partial charge on any atom is 0.187 e. The molecule has 0 atom stereocenters. The van der Waals surface area contributed by atoms with Gasteiger partial charge in [0, 0.05) is 28.5 Å². The Kier molecular flexibility index (Phi) is 7.16. The van der Waals surface area contributed by atoms with E-state index in [-0.39, 0.29) is 17.1 Å². The second kappa shape index (κ2) is 10.4. The van der Waals surface area contributed by atoms with Gasteiger partial charge in [-0.1, -0.05) is 41.6 Å². The minimum absolute atomic E-state index is 0.0791. The summed E-state index contributed by atoms with van der Waals surface area (Å²) in [5.41, 5.74) is 10.3. The van der Waals surface area contributed by atoms with Crippen molar-refractivity contribution in [3.8, 4) is 29.0 Å². The number of rotatable bonds is 7. The van der Waals surface area contributed by atoms with Gasteiger partial charge in [-0.15, -0.1) is 11.3 Å². The lowest BCUT2D eigenvalue weighted by atomic mass is 9.96. The van der Waals surface area contributed by atoms with Crippen molar-refractivity contribution >= 4 is 39.7 Å². The van der Waals surface area contributed by atoms with Crippen molar-refractivity contribution in [3.63, 3.8) is 0 Å². The van der Waals surface area contributed by atoms with E-state index in [0.29, 0.717) is 32.7 Å². The van der Waals surface area contributed by atoms with Gasteiger partial charge in [0.15, 0.2) is 16.7 Å². The number of thiazole rings is 1. The van der Waals surface area contributed by atoms with Crippen molar-refractivity contribution in [2.75, 3.05) is 18.2 Å². The zero-order valence-corrected chi connectivity index (χ0v) is 20.4. The zero-order valence-electron chi connectivity index (χ0n) is 18.8. The minimum Gasteiger partial charge on any atom is -0.494 e. The summed E-state index contributed by atoms with van der Waals surface area (Å²) in [6.07, 6.45) is 0. The average Bonchev–Trinajstić information content (AvgIpc) is 3.31. The number of nitrogen functional groups attached to an aromatic ring is 1. The molecule has 174 valence electrons. The number of hydrogen-bond donors (Lipinski definition) is 2. The lowest BCUT2D eigenvalue weighted by Crippen LogP contribution is -2.03. The van der Waals surface area contributed by atoms with Crippen LogP contribution in [0, 0.1) is 35.4 Å². The fourth-order valence-corrected chi connectivity index (χ4v) is 5.07. The van der Waals surface area contributed by atoms with Gasteiger partial charge in [0.1, 0.15) is 28.5 Å². The molecule has 2 aromatic carbocycles. The fraction of sp³-hybridized carbons (Fsp3) is 0.120. The second-order valence-electron chi connectivity index (χ2n) is 7.42. The van der Waals surface area contributed by atoms with E-state index in [1.54, 1.807) is 12.1 Å².